The number of Topliss-reactive ketones (excluding diaryl/α,β-unsaturated/α-hetero) is 1. The van der Waals surface area contributed by atoms with Gasteiger partial charge in [-0.3, -0.25) is 9.59 Å². The fourth-order valence-electron chi connectivity index (χ4n) is 0.884. The molecular formula is C9H7ClO2. The predicted octanol–water partition coefficient (Wildman–Crippen LogP) is 2.36. The van der Waals surface area contributed by atoms with Gasteiger partial charge in [0.05, 0.1) is 0 Å². The van der Waals surface area contributed by atoms with E-state index in [1.54, 1.807) is 0 Å². The van der Waals surface area contributed by atoms with E-state index in [4.69, 9.17) is 11.6 Å². The van der Waals surface area contributed by atoms with Crippen LogP contribution >= 0.6 is 11.6 Å². The van der Waals surface area contributed by atoms with Gasteiger partial charge in [0.25, 0.3) is 0 Å². The number of hydrogen-bond acceptors (Lipinski definition) is 2. The molecule has 1 aromatic rings. The number of halogens is 1. The van der Waals surface area contributed by atoms with Gasteiger partial charge in [0.1, 0.15) is 6.29 Å². The second-order valence-electron chi connectivity index (χ2n) is 2.45. The molecule has 0 saturated carbocycles. The third-order valence-corrected chi connectivity index (χ3v) is 1.68. The lowest BCUT2D eigenvalue weighted by molar-refractivity contribution is 0.101. The number of carbonyl (C=O) groups excluding carboxylic acids is 2. The first-order chi connectivity index (χ1) is 5.63. The number of benzene rings is 1. The number of ketones is 1. The monoisotopic (exact) mass is 182 g/mol. The Kier molecular flexibility index (Phi) is 2.61. The van der Waals surface area contributed by atoms with Gasteiger partial charge in [-0.15, -0.1) is 0 Å². The molecule has 0 saturated heterocycles. The van der Waals surface area contributed by atoms with Crippen molar-refractivity contribution in [3.8, 4) is 0 Å². The highest BCUT2D eigenvalue weighted by Gasteiger charge is 2.02. The Balaban J connectivity index is 3.23. The van der Waals surface area contributed by atoms with Gasteiger partial charge >= 0.3 is 0 Å². The first-order valence-electron chi connectivity index (χ1n) is 3.40. The van der Waals surface area contributed by atoms with Crippen LogP contribution in [0.15, 0.2) is 18.2 Å². The van der Waals surface area contributed by atoms with Crippen molar-refractivity contribution in [2.75, 3.05) is 0 Å². The fraction of sp³-hybridized carbons (Fsp3) is 0.111. The van der Waals surface area contributed by atoms with E-state index >= 15 is 0 Å². The molecule has 0 fully saturated rings. The molecule has 0 aliphatic heterocycles. The third-order valence-electron chi connectivity index (χ3n) is 1.46. The highest BCUT2D eigenvalue weighted by atomic mass is 35.5. The van der Waals surface area contributed by atoms with E-state index in [0.717, 1.165) is 0 Å². The Morgan fingerprint density at radius 2 is 2.08 bits per heavy atom. The van der Waals surface area contributed by atoms with E-state index in [9.17, 15) is 9.59 Å². The van der Waals surface area contributed by atoms with Crippen LogP contribution in [0, 0.1) is 0 Å². The highest BCUT2D eigenvalue weighted by molar-refractivity contribution is 6.31. The van der Waals surface area contributed by atoms with E-state index < -0.39 is 0 Å². The van der Waals surface area contributed by atoms with Gasteiger partial charge in [0, 0.05) is 16.1 Å². The van der Waals surface area contributed by atoms with Crippen molar-refractivity contribution < 1.29 is 9.59 Å². The molecule has 62 valence electrons. The molecule has 0 radical (unpaired) electrons. The smallest absolute Gasteiger partial charge is 0.159 e. The van der Waals surface area contributed by atoms with Crippen LogP contribution < -0.4 is 0 Å². The summed E-state index contributed by atoms with van der Waals surface area (Å²) >= 11 is 5.66. The summed E-state index contributed by atoms with van der Waals surface area (Å²) in [5.41, 5.74) is 0.886. The number of rotatable bonds is 2. The molecule has 0 bridgehead atoms. The molecule has 12 heavy (non-hydrogen) atoms. The summed E-state index contributed by atoms with van der Waals surface area (Å²) in [5.74, 6) is -0.0967. The van der Waals surface area contributed by atoms with Gasteiger partial charge in [-0.1, -0.05) is 11.6 Å². The summed E-state index contributed by atoms with van der Waals surface area (Å²) < 4.78 is 0. The van der Waals surface area contributed by atoms with Gasteiger partial charge in [0.15, 0.2) is 5.78 Å². The van der Waals surface area contributed by atoms with Crippen LogP contribution in [-0.2, 0) is 0 Å². The van der Waals surface area contributed by atoms with E-state index in [-0.39, 0.29) is 5.78 Å². The third kappa shape index (κ3) is 1.92. The summed E-state index contributed by atoms with van der Waals surface area (Å²) in [4.78, 5) is 21.3. The largest absolute Gasteiger partial charge is 0.298 e. The van der Waals surface area contributed by atoms with Crippen LogP contribution in [0.2, 0.25) is 5.02 Å². The van der Waals surface area contributed by atoms with E-state index in [2.05, 4.69) is 0 Å². The maximum Gasteiger partial charge on any atom is 0.159 e. The topological polar surface area (TPSA) is 34.1 Å². The minimum absolute atomic E-state index is 0.0967. The van der Waals surface area contributed by atoms with Crippen LogP contribution in [-0.4, -0.2) is 12.1 Å². The van der Waals surface area contributed by atoms with Crippen LogP contribution in [0.4, 0.5) is 0 Å². The van der Waals surface area contributed by atoms with Crippen molar-refractivity contribution in [2.45, 2.75) is 6.92 Å². The van der Waals surface area contributed by atoms with Gasteiger partial charge < -0.3 is 0 Å². The average molecular weight is 183 g/mol. The van der Waals surface area contributed by atoms with Crippen molar-refractivity contribution >= 4 is 23.7 Å². The van der Waals surface area contributed by atoms with Crippen molar-refractivity contribution in [3.63, 3.8) is 0 Å². The SMILES string of the molecule is CC(=O)c1cc(Cl)cc(C=O)c1. The van der Waals surface area contributed by atoms with Gasteiger partial charge in [-0.25, -0.2) is 0 Å². The summed E-state index contributed by atoms with van der Waals surface area (Å²) in [6, 6.07) is 4.57. The Bertz CT molecular complexity index is 331. The van der Waals surface area contributed by atoms with Gasteiger partial charge in [-0.2, -0.15) is 0 Å². The number of hydrogen-bond donors (Lipinski definition) is 0. The molecule has 0 aromatic heterocycles. The van der Waals surface area contributed by atoms with Gasteiger partial charge in [-0.05, 0) is 25.1 Å². The van der Waals surface area contributed by atoms with E-state index in [0.29, 0.717) is 22.4 Å². The van der Waals surface area contributed by atoms with Crippen molar-refractivity contribution in [1.29, 1.82) is 0 Å². The first-order valence-corrected chi connectivity index (χ1v) is 3.78. The standard InChI is InChI=1S/C9H7ClO2/c1-6(12)8-2-7(5-11)3-9(10)4-8/h2-5H,1H3. The molecule has 2 nitrogen and oxygen atoms in total. The lowest BCUT2D eigenvalue weighted by Gasteiger charge is -1.97. The van der Waals surface area contributed by atoms with Gasteiger partial charge in [0.2, 0.25) is 0 Å². The molecule has 1 rings (SSSR count). The highest BCUT2D eigenvalue weighted by Crippen LogP contribution is 2.14. The second kappa shape index (κ2) is 3.50. The zero-order valence-corrected chi connectivity index (χ0v) is 7.26. The molecule has 0 aliphatic rings. The maximum absolute atomic E-state index is 10.9. The Labute approximate surface area is 75.2 Å². The first kappa shape index (κ1) is 8.94. The van der Waals surface area contributed by atoms with Crippen LogP contribution in [0.25, 0.3) is 0 Å². The number of aldehydes is 1. The minimum Gasteiger partial charge on any atom is -0.298 e. The van der Waals surface area contributed by atoms with E-state index in [1.165, 1.54) is 25.1 Å². The summed E-state index contributed by atoms with van der Waals surface area (Å²) in [5, 5.41) is 0.407. The van der Waals surface area contributed by atoms with Crippen LogP contribution in [0.5, 0.6) is 0 Å². The van der Waals surface area contributed by atoms with Crippen molar-refractivity contribution in [3.05, 3.63) is 34.3 Å². The lowest BCUT2D eigenvalue weighted by Crippen LogP contribution is -1.93. The quantitative estimate of drug-likeness (QED) is 0.520. The molecule has 0 unspecified atom stereocenters. The summed E-state index contributed by atoms with van der Waals surface area (Å²) in [7, 11) is 0. The molecule has 1 aromatic carbocycles. The molecule has 3 heteroatoms. The maximum atomic E-state index is 10.9. The summed E-state index contributed by atoms with van der Waals surface area (Å²) in [6.45, 7) is 1.43. The van der Waals surface area contributed by atoms with E-state index in [1.807, 2.05) is 0 Å². The molecule has 0 N–H and O–H groups in total. The Hall–Kier alpha value is -1.15. The van der Waals surface area contributed by atoms with Crippen molar-refractivity contribution in [2.24, 2.45) is 0 Å². The molecular weight excluding hydrogens is 176 g/mol. The zero-order valence-electron chi connectivity index (χ0n) is 6.50. The normalized spacial score (nSPS) is 9.50. The average Bonchev–Trinajstić information content (AvgIpc) is 2.03. The second-order valence-corrected chi connectivity index (χ2v) is 2.88. The molecule has 0 heterocycles. The van der Waals surface area contributed by atoms with Crippen molar-refractivity contribution in [1.82, 2.24) is 0 Å². The predicted molar refractivity (Wildman–Crippen MR) is 46.8 cm³/mol. The van der Waals surface area contributed by atoms with Crippen LogP contribution in [0.3, 0.4) is 0 Å². The Morgan fingerprint density at radius 3 is 2.58 bits per heavy atom. The fourth-order valence-corrected chi connectivity index (χ4v) is 1.13. The lowest BCUT2D eigenvalue weighted by atomic mass is 10.1. The Morgan fingerprint density at radius 1 is 1.42 bits per heavy atom. The minimum atomic E-state index is -0.0967. The van der Waals surface area contributed by atoms with Crippen LogP contribution in [0.1, 0.15) is 27.6 Å². The zero-order chi connectivity index (χ0) is 9.14. The molecule has 0 amide bonds. The summed E-state index contributed by atoms with van der Waals surface area (Å²) in [6.07, 6.45) is 0.665. The number of carbonyl (C=O) groups is 2. The molecule has 0 aliphatic carbocycles. The molecule has 0 spiro atoms. The molecule has 0 atom stereocenters.